The standard InChI is InChI=1S/C28H25ClN2O5S/c1-5-14-36-27(35)25-16(4)30-28(37-25)31-22(18-8-6-17(7-9-18)15(2)3)21(24(33)26(31)34)23(32)19-10-12-20(29)13-11-19/h5-13,15,22,32H,1,14H2,2-4H3/b23-21-. The molecule has 3 aromatic rings. The van der Waals surface area contributed by atoms with E-state index in [9.17, 15) is 19.5 Å². The molecule has 1 aliphatic heterocycles. The van der Waals surface area contributed by atoms with Crippen molar-refractivity contribution in [1.29, 1.82) is 0 Å². The van der Waals surface area contributed by atoms with E-state index in [1.807, 2.05) is 24.3 Å². The van der Waals surface area contributed by atoms with Crippen LogP contribution in [-0.2, 0) is 14.3 Å². The van der Waals surface area contributed by atoms with Crippen molar-refractivity contribution in [3.05, 3.63) is 99.0 Å². The molecule has 0 saturated carbocycles. The molecule has 0 spiro atoms. The van der Waals surface area contributed by atoms with E-state index in [1.165, 1.54) is 11.0 Å². The number of ketones is 1. The summed E-state index contributed by atoms with van der Waals surface area (Å²) >= 11 is 6.94. The fourth-order valence-electron chi connectivity index (χ4n) is 4.05. The van der Waals surface area contributed by atoms with Crippen LogP contribution in [0.25, 0.3) is 5.76 Å². The molecule has 4 rings (SSSR count). The molecule has 1 unspecified atom stereocenters. The van der Waals surface area contributed by atoms with Gasteiger partial charge in [0.1, 0.15) is 17.2 Å². The van der Waals surface area contributed by atoms with E-state index in [0.717, 1.165) is 16.9 Å². The average Bonchev–Trinajstić information content (AvgIpc) is 3.39. The number of aliphatic hydroxyl groups excluding tert-OH is 1. The molecule has 1 fully saturated rings. The number of amides is 1. The minimum atomic E-state index is -0.959. The summed E-state index contributed by atoms with van der Waals surface area (Å²) in [5.74, 6) is -2.35. The summed E-state index contributed by atoms with van der Waals surface area (Å²) in [5.41, 5.74) is 2.32. The lowest BCUT2D eigenvalue weighted by molar-refractivity contribution is -0.132. The Balaban J connectivity index is 1.88. The Bertz CT molecular complexity index is 1410. The Hall–Kier alpha value is -3.75. The third-order valence-electron chi connectivity index (χ3n) is 5.99. The summed E-state index contributed by atoms with van der Waals surface area (Å²) in [6, 6.07) is 12.9. The zero-order valence-electron chi connectivity index (χ0n) is 20.5. The van der Waals surface area contributed by atoms with Crippen LogP contribution >= 0.6 is 22.9 Å². The van der Waals surface area contributed by atoms with E-state index in [1.54, 1.807) is 31.2 Å². The van der Waals surface area contributed by atoms with Crippen molar-refractivity contribution in [1.82, 2.24) is 4.98 Å². The van der Waals surface area contributed by atoms with E-state index in [4.69, 9.17) is 16.3 Å². The van der Waals surface area contributed by atoms with E-state index in [-0.39, 0.29) is 33.9 Å². The predicted octanol–water partition coefficient (Wildman–Crippen LogP) is 6.20. The number of nitrogens with zero attached hydrogens (tertiary/aromatic N) is 2. The van der Waals surface area contributed by atoms with Crippen LogP contribution in [0.2, 0.25) is 5.02 Å². The maximum absolute atomic E-state index is 13.4. The van der Waals surface area contributed by atoms with Gasteiger partial charge >= 0.3 is 11.9 Å². The Morgan fingerprint density at radius 3 is 2.43 bits per heavy atom. The van der Waals surface area contributed by atoms with Gasteiger partial charge in [-0.25, -0.2) is 9.78 Å². The molecule has 1 aliphatic rings. The first-order valence-corrected chi connectivity index (χ1v) is 12.8. The number of rotatable bonds is 7. The number of anilines is 1. The molecule has 37 heavy (non-hydrogen) atoms. The topological polar surface area (TPSA) is 96.8 Å². The lowest BCUT2D eigenvalue weighted by Gasteiger charge is -2.23. The zero-order valence-corrected chi connectivity index (χ0v) is 22.1. The highest BCUT2D eigenvalue weighted by molar-refractivity contribution is 7.17. The molecule has 2 heterocycles. The third-order valence-corrected chi connectivity index (χ3v) is 7.38. The van der Waals surface area contributed by atoms with Crippen LogP contribution in [0.1, 0.15) is 57.9 Å². The number of esters is 1. The van der Waals surface area contributed by atoms with Crippen molar-refractivity contribution in [3.8, 4) is 0 Å². The molecule has 190 valence electrons. The van der Waals surface area contributed by atoms with Gasteiger partial charge in [-0.3, -0.25) is 14.5 Å². The highest BCUT2D eigenvalue weighted by Crippen LogP contribution is 2.44. The number of halogens is 1. The molecule has 1 amide bonds. The molecule has 1 saturated heterocycles. The minimum absolute atomic E-state index is 0.0271. The molecule has 0 aliphatic carbocycles. The number of hydrogen-bond donors (Lipinski definition) is 1. The van der Waals surface area contributed by atoms with Crippen molar-refractivity contribution >= 4 is 51.5 Å². The predicted molar refractivity (Wildman–Crippen MR) is 144 cm³/mol. The van der Waals surface area contributed by atoms with Crippen molar-refractivity contribution in [2.45, 2.75) is 32.7 Å². The van der Waals surface area contributed by atoms with Crippen LogP contribution in [0, 0.1) is 6.92 Å². The average molecular weight is 537 g/mol. The van der Waals surface area contributed by atoms with Gasteiger partial charge < -0.3 is 9.84 Å². The van der Waals surface area contributed by atoms with Crippen LogP contribution in [0.15, 0.2) is 66.8 Å². The largest absolute Gasteiger partial charge is 0.507 e. The van der Waals surface area contributed by atoms with E-state index < -0.39 is 23.7 Å². The van der Waals surface area contributed by atoms with Crippen LogP contribution in [0.3, 0.4) is 0 Å². The maximum Gasteiger partial charge on any atom is 0.350 e. The monoisotopic (exact) mass is 536 g/mol. The summed E-state index contributed by atoms with van der Waals surface area (Å²) in [7, 11) is 0. The van der Waals surface area contributed by atoms with E-state index >= 15 is 0 Å². The fourth-order valence-corrected chi connectivity index (χ4v) is 5.16. The molecule has 2 aromatic carbocycles. The second-order valence-electron chi connectivity index (χ2n) is 8.80. The molecular weight excluding hydrogens is 512 g/mol. The van der Waals surface area contributed by atoms with Crippen LogP contribution in [0.4, 0.5) is 5.13 Å². The van der Waals surface area contributed by atoms with Gasteiger partial charge in [0, 0.05) is 10.6 Å². The number of Topliss-reactive ketones (excluding diaryl/α,β-unsaturated/α-hetero) is 1. The number of carbonyl (C=O) groups excluding carboxylic acids is 3. The van der Waals surface area contributed by atoms with E-state index in [0.29, 0.717) is 21.8 Å². The first-order valence-electron chi connectivity index (χ1n) is 11.6. The fraction of sp³-hybridized carbons (Fsp3) is 0.214. The Morgan fingerprint density at radius 1 is 1.19 bits per heavy atom. The highest BCUT2D eigenvalue weighted by atomic mass is 35.5. The van der Waals surface area contributed by atoms with Crippen molar-refractivity contribution in [2.75, 3.05) is 11.5 Å². The molecule has 1 N–H and O–H groups in total. The van der Waals surface area contributed by atoms with E-state index in [2.05, 4.69) is 25.4 Å². The molecule has 0 radical (unpaired) electrons. The number of aryl methyl sites for hydroxylation is 1. The number of carbonyl (C=O) groups is 3. The van der Waals surface area contributed by atoms with Gasteiger partial charge in [0.15, 0.2) is 5.13 Å². The SMILES string of the molecule is C=CCOC(=O)c1sc(N2C(=O)C(=O)/C(=C(\O)c3ccc(Cl)cc3)C2c2ccc(C(C)C)cc2)nc1C. The van der Waals surface area contributed by atoms with Gasteiger partial charge in [0.2, 0.25) is 0 Å². The zero-order chi connectivity index (χ0) is 26.9. The van der Waals surface area contributed by atoms with Crippen LogP contribution in [-0.4, -0.2) is 34.4 Å². The van der Waals surface area contributed by atoms with Crippen LogP contribution < -0.4 is 4.90 Å². The molecule has 1 aromatic heterocycles. The maximum atomic E-state index is 13.4. The van der Waals surface area contributed by atoms with Gasteiger partial charge in [-0.1, -0.05) is 73.7 Å². The summed E-state index contributed by atoms with van der Waals surface area (Å²) in [4.78, 5) is 45.1. The molecule has 9 heteroatoms. The minimum Gasteiger partial charge on any atom is -0.507 e. The second-order valence-corrected chi connectivity index (χ2v) is 10.2. The molecule has 7 nitrogen and oxygen atoms in total. The number of benzene rings is 2. The highest BCUT2D eigenvalue weighted by Gasteiger charge is 2.48. The number of ether oxygens (including phenoxy) is 1. The third kappa shape index (κ3) is 5.08. The summed E-state index contributed by atoms with van der Waals surface area (Å²) in [6.07, 6.45) is 1.45. The van der Waals surface area contributed by atoms with Crippen molar-refractivity contribution < 1.29 is 24.2 Å². The second kappa shape index (κ2) is 10.7. The lowest BCUT2D eigenvalue weighted by atomic mass is 9.93. The summed E-state index contributed by atoms with van der Waals surface area (Å²) in [5, 5.41) is 11.8. The Morgan fingerprint density at radius 2 is 1.84 bits per heavy atom. The Kier molecular flexibility index (Phi) is 7.61. The van der Waals surface area contributed by atoms with Gasteiger partial charge in [-0.2, -0.15) is 0 Å². The van der Waals surface area contributed by atoms with Gasteiger partial charge in [-0.05, 0) is 48.2 Å². The smallest absolute Gasteiger partial charge is 0.350 e. The molecular formula is C28H25ClN2O5S. The van der Waals surface area contributed by atoms with Crippen LogP contribution in [0.5, 0.6) is 0 Å². The molecule has 0 bridgehead atoms. The first-order chi connectivity index (χ1) is 17.6. The number of aliphatic hydroxyl groups is 1. The normalized spacial score (nSPS) is 16.9. The quantitative estimate of drug-likeness (QED) is 0.127. The number of thiazole rings is 1. The van der Waals surface area contributed by atoms with Gasteiger partial charge in [0.05, 0.1) is 17.3 Å². The molecule has 1 atom stereocenters. The Labute approximate surface area is 223 Å². The van der Waals surface area contributed by atoms with Crippen molar-refractivity contribution in [2.24, 2.45) is 0 Å². The lowest BCUT2D eigenvalue weighted by Crippen LogP contribution is -2.29. The van der Waals surface area contributed by atoms with Gasteiger partial charge in [0.25, 0.3) is 5.78 Å². The van der Waals surface area contributed by atoms with Gasteiger partial charge in [-0.15, -0.1) is 0 Å². The summed E-state index contributed by atoms with van der Waals surface area (Å²) in [6.45, 7) is 9.31. The number of hydrogen-bond acceptors (Lipinski definition) is 7. The number of aromatic nitrogens is 1. The summed E-state index contributed by atoms with van der Waals surface area (Å²) < 4.78 is 5.14. The van der Waals surface area contributed by atoms with Crippen molar-refractivity contribution in [3.63, 3.8) is 0 Å². The first kappa shape index (κ1) is 26.3.